The Morgan fingerprint density at radius 3 is 2.30 bits per heavy atom. The van der Waals surface area contributed by atoms with Crippen molar-refractivity contribution in [3.05, 3.63) is 89.5 Å². The van der Waals surface area contributed by atoms with Crippen LogP contribution < -0.4 is 15.4 Å². The predicted octanol–water partition coefficient (Wildman–Crippen LogP) is 5.27. The second kappa shape index (κ2) is 9.47. The summed E-state index contributed by atoms with van der Waals surface area (Å²) in [6, 6.07) is 18.4. The molecule has 0 bridgehead atoms. The molecular weight excluding hydrogens is 510 g/mol. The maximum absolute atomic E-state index is 14.2. The summed E-state index contributed by atoms with van der Waals surface area (Å²) in [7, 11) is 0.830. The van der Waals surface area contributed by atoms with Crippen LogP contribution in [0.5, 0.6) is 5.75 Å². The number of carbonyl (C=O) groups is 1. The van der Waals surface area contributed by atoms with Gasteiger partial charge in [0.25, 0.3) is 5.91 Å². The fourth-order valence-corrected chi connectivity index (χ4v) is 4.01. The number of hydrogen-bond donors (Lipinski definition) is 2. The topological polar surface area (TPSA) is 81.1 Å². The highest BCUT2D eigenvalue weighted by Gasteiger charge is 2.30. The number of thiocarbonyl (C=S) groups is 1. The molecule has 1 heterocycles. The predicted molar refractivity (Wildman–Crippen MR) is 133 cm³/mol. The first-order chi connectivity index (χ1) is 17.8. The van der Waals surface area contributed by atoms with Crippen molar-refractivity contribution in [3.8, 4) is 11.4 Å². The van der Waals surface area contributed by atoms with Crippen LogP contribution in [0.15, 0.2) is 60.7 Å². The van der Waals surface area contributed by atoms with E-state index in [-0.39, 0.29) is 5.11 Å². The van der Waals surface area contributed by atoms with Gasteiger partial charge in [-0.25, -0.2) is 8.78 Å². The molecular formula is C25H15F4N5O2S. The zero-order valence-corrected chi connectivity index (χ0v) is 19.7. The number of aromatic nitrogens is 3. The fourth-order valence-electron chi connectivity index (χ4n) is 3.80. The van der Waals surface area contributed by atoms with E-state index >= 15 is 0 Å². The Labute approximate surface area is 211 Å². The van der Waals surface area contributed by atoms with Crippen molar-refractivity contribution in [2.24, 2.45) is 0 Å². The van der Waals surface area contributed by atoms with E-state index in [9.17, 15) is 22.4 Å². The van der Waals surface area contributed by atoms with Crippen molar-refractivity contribution in [2.75, 3.05) is 12.4 Å². The third-order valence-electron chi connectivity index (χ3n) is 5.50. The minimum Gasteiger partial charge on any atom is -0.491 e. The minimum atomic E-state index is -1.91. The van der Waals surface area contributed by atoms with E-state index in [1.54, 1.807) is 18.2 Å². The first-order valence-electron chi connectivity index (χ1n) is 10.7. The molecule has 186 valence electrons. The standard InChI is InChI=1S/C25H15F4N5O2S/c1-36-23-21(28)19(26)18(20(27)22(23)29)24(35)31-25(37)30-13-9-10-15-16(11-13)33-34(32-15)17-8-4-6-12-5-2-3-7-14(12)17/h2-11H,1H3,(H2,30,31,35,37). The van der Waals surface area contributed by atoms with Gasteiger partial charge in [-0.1, -0.05) is 36.4 Å². The van der Waals surface area contributed by atoms with Crippen LogP contribution in [0.25, 0.3) is 27.5 Å². The number of nitrogens with one attached hydrogen (secondary N) is 2. The largest absolute Gasteiger partial charge is 0.491 e. The summed E-state index contributed by atoms with van der Waals surface area (Å²) in [5.74, 6) is -10.3. The third kappa shape index (κ3) is 4.31. The molecule has 0 aliphatic carbocycles. The Kier molecular flexibility index (Phi) is 6.17. The normalized spacial score (nSPS) is 11.1. The number of ether oxygens (including phenoxy) is 1. The van der Waals surface area contributed by atoms with Gasteiger partial charge >= 0.3 is 0 Å². The minimum absolute atomic E-state index is 0.371. The van der Waals surface area contributed by atoms with Crippen LogP contribution in [-0.4, -0.2) is 33.1 Å². The van der Waals surface area contributed by atoms with Crippen LogP contribution in [0.1, 0.15) is 10.4 Å². The lowest BCUT2D eigenvalue weighted by Gasteiger charge is -2.12. The number of anilines is 1. The third-order valence-corrected chi connectivity index (χ3v) is 5.71. The maximum Gasteiger partial charge on any atom is 0.263 e. The average molecular weight is 525 g/mol. The van der Waals surface area contributed by atoms with E-state index in [4.69, 9.17) is 12.2 Å². The van der Waals surface area contributed by atoms with E-state index in [2.05, 4.69) is 20.3 Å². The van der Waals surface area contributed by atoms with Gasteiger partial charge < -0.3 is 10.1 Å². The number of rotatable bonds is 4. The highest BCUT2D eigenvalue weighted by Crippen LogP contribution is 2.30. The molecule has 0 fully saturated rings. The zero-order valence-electron chi connectivity index (χ0n) is 18.9. The molecule has 37 heavy (non-hydrogen) atoms. The number of halogens is 4. The maximum atomic E-state index is 14.2. The summed E-state index contributed by atoms with van der Waals surface area (Å²) in [4.78, 5) is 13.8. The number of benzene rings is 4. The Bertz CT molecular complexity index is 1690. The molecule has 0 saturated heterocycles. The monoisotopic (exact) mass is 525 g/mol. The van der Waals surface area contributed by atoms with Gasteiger partial charge in [0.1, 0.15) is 16.6 Å². The van der Waals surface area contributed by atoms with E-state index < -0.39 is 40.5 Å². The van der Waals surface area contributed by atoms with E-state index in [1.807, 2.05) is 47.8 Å². The van der Waals surface area contributed by atoms with Gasteiger partial charge in [-0.15, -0.1) is 15.0 Å². The lowest BCUT2D eigenvalue weighted by atomic mass is 10.1. The molecule has 1 amide bonds. The fraction of sp³-hybridized carbons (Fsp3) is 0.0400. The Morgan fingerprint density at radius 1 is 0.892 bits per heavy atom. The molecule has 0 atom stereocenters. The van der Waals surface area contributed by atoms with Crippen molar-refractivity contribution in [1.29, 1.82) is 0 Å². The summed E-state index contributed by atoms with van der Waals surface area (Å²) in [5, 5.41) is 15.3. The molecule has 1 aromatic heterocycles. The second-order valence-corrected chi connectivity index (χ2v) is 8.17. The van der Waals surface area contributed by atoms with Crippen LogP contribution in [0, 0.1) is 23.3 Å². The van der Waals surface area contributed by atoms with Crippen LogP contribution >= 0.6 is 12.2 Å². The average Bonchev–Trinajstić information content (AvgIpc) is 3.31. The van der Waals surface area contributed by atoms with Crippen molar-refractivity contribution >= 4 is 50.7 Å². The number of hydrogen-bond acceptors (Lipinski definition) is 5. The van der Waals surface area contributed by atoms with E-state index in [0.29, 0.717) is 16.7 Å². The number of methoxy groups -OCH3 is 1. The molecule has 0 aliphatic rings. The number of fused-ring (bicyclic) bond motifs is 2. The highest BCUT2D eigenvalue weighted by molar-refractivity contribution is 7.80. The molecule has 0 unspecified atom stereocenters. The summed E-state index contributed by atoms with van der Waals surface area (Å²) >= 11 is 5.03. The smallest absolute Gasteiger partial charge is 0.263 e. The van der Waals surface area contributed by atoms with Gasteiger partial charge in [0.15, 0.2) is 22.5 Å². The molecule has 0 radical (unpaired) electrons. The van der Waals surface area contributed by atoms with Crippen molar-refractivity contribution in [1.82, 2.24) is 20.3 Å². The molecule has 7 nitrogen and oxygen atoms in total. The summed E-state index contributed by atoms with van der Waals surface area (Å²) in [5.41, 5.74) is 0.726. The zero-order chi connectivity index (χ0) is 26.3. The SMILES string of the molecule is COc1c(F)c(F)c(C(=O)NC(=S)Nc2ccc3nn(-c4cccc5ccccc45)nc3c2)c(F)c1F. The quantitative estimate of drug-likeness (QED) is 0.189. The van der Waals surface area contributed by atoms with Crippen molar-refractivity contribution < 1.29 is 27.1 Å². The molecule has 5 rings (SSSR count). The van der Waals surface area contributed by atoms with Gasteiger partial charge in [0.2, 0.25) is 11.6 Å². The molecule has 4 aromatic carbocycles. The molecule has 0 spiro atoms. The second-order valence-electron chi connectivity index (χ2n) is 7.76. The Morgan fingerprint density at radius 2 is 1.57 bits per heavy atom. The van der Waals surface area contributed by atoms with Gasteiger partial charge in [0, 0.05) is 11.1 Å². The summed E-state index contributed by atoms with van der Waals surface area (Å²) in [6.07, 6.45) is 0. The van der Waals surface area contributed by atoms with Gasteiger partial charge in [-0.3, -0.25) is 10.1 Å². The van der Waals surface area contributed by atoms with Crippen molar-refractivity contribution in [2.45, 2.75) is 0 Å². The number of nitrogens with zero attached hydrogens (tertiary/aromatic N) is 3. The highest BCUT2D eigenvalue weighted by atomic mass is 32.1. The van der Waals surface area contributed by atoms with Crippen LogP contribution in [-0.2, 0) is 0 Å². The first-order valence-corrected chi connectivity index (χ1v) is 11.1. The van der Waals surface area contributed by atoms with Crippen LogP contribution in [0.4, 0.5) is 23.2 Å². The van der Waals surface area contributed by atoms with E-state index in [1.165, 1.54) is 4.80 Å². The Balaban J connectivity index is 1.37. The molecule has 2 N–H and O–H groups in total. The van der Waals surface area contributed by atoms with Gasteiger partial charge in [0.05, 0.1) is 12.8 Å². The van der Waals surface area contributed by atoms with Crippen molar-refractivity contribution in [3.63, 3.8) is 0 Å². The lowest BCUT2D eigenvalue weighted by Crippen LogP contribution is -2.35. The van der Waals surface area contributed by atoms with E-state index in [0.717, 1.165) is 23.6 Å². The van der Waals surface area contributed by atoms with Crippen LogP contribution in [0.2, 0.25) is 0 Å². The molecule has 0 aliphatic heterocycles. The molecule has 12 heteroatoms. The summed E-state index contributed by atoms with van der Waals surface area (Å²) in [6.45, 7) is 0. The van der Waals surface area contributed by atoms with Crippen LogP contribution in [0.3, 0.4) is 0 Å². The number of carbonyl (C=O) groups excluding carboxylic acids is 1. The lowest BCUT2D eigenvalue weighted by molar-refractivity contribution is 0.0966. The summed E-state index contributed by atoms with van der Waals surface area (Å²) < 4.78 is 60.7. The number of amides is 1. The molecule has 5 aromatic rings. The van der Waals surface area contributed by atoms with Gasteiger partial charge in [-0.2, -0.15) is 8.78 Å². The molecule has 0 saturated carbocycles. The first kappa shape index (κ1) is 24.1. The Hall–Kier alpha value is -4.58. The van der Waals surface area contributed by atoms with Gasteiger partial charge in [-0.05, 0) is 41.9 Å².